The van der Waals surface area contributed by atoms with E-state index >= 15 is 0 Å². The topological polar surface area (TPSA) is 56.4 Å². The first-order valence-corrected chi connectivity index (χ1v) is 7.80. The Balaban J connectivity index is 1.97. The maximum absolute atomic E-state index is 13.0. The van der Waals surface area contributed by atoms with Crippen LogP contribution in [0.2, 0.25) is 0 Å². The molecule has 1 saturated heterocycles. The van der Waals surface area contributed by atoms with Gasteiger partial charge in [-0.1, -0.05) is 30.3 Å². The van der Waals surface area contributed by atoms with Crippen molar-refractivity contribution < 1.29 is 4.79 Å². The van der Waals surface area contributed by atoms with Crippen molar-refractivity contribution in [1.29, 1.82) is 0 Å². The molecule has 0 aliphatic carbocycles. The van der Waals surface area contributed by atoms with E-state index in [4.69, 9.17) is 0 Å². The van der Waals surface area contributed by atoms with Gasteiger partial charge in [0.25, 0.3) is 5.91 Å². The molecule has 0 spiro atoms. The lowest BCUT2D eigenvalue weighted by atomic mass is 10.0. The van der Waals surface area contributed by atoms with E-state index in [1.807, 2.05) is 35.2 Å². The summed E-state index contributed by atoms with van der Waals surface area (Å²) < 4.78 is 0. The molecule has 1 aromatic carbocycles. The van der Waals surface area contributed by atoms with Crippen LogP contribution in [0.1, 0.15) is 27.5 Å². The monoisotopic (exact) mass is 311 g/mol. The van der Waals surface area contributed by atoms with Crippen molar-refractivity contribution in [2.75, 3.05) is 26.7 Å². The molecule has 0 bridgehead atoms. The zero-order valence-electron chi connectivity index (χ0n) is 13.5. The van der Waals surface area contributed by atoms with Crippen molar-refractivity contribution in [2.24, 2.45) is 0 Å². The van der Waals surface area contributed by atoms with Gasteiger partial charge >= 0.3 is 0 Å². The molecular weight excluding hydrogens is 290 g/mol. The summed E-state index contributed by atoms with van der Waals surface area (Å²) in [6, 6.07) is 9.95. The van der Waals surface area contributed by atoms with Gasteiger partial charge in [0, 0.05) is 37.6 Å². The second-order valence-corrected chi connectivity index (χ2v) is 6.07. The number of piperazine rings is 1. The maximum atomic E-state index is 13.0. The van der Waals surface area contributed by atoms with E-state index in [1.165, 1.54) is 6.20 Å². The number of benzene rings is 1. The molecule has 2 aromatic rings. The van der Waals surface area contributed by atoms with Crippen LogP contribution < -0.4 is 5.43 Å². The largest absolute Gasteiger partial charge is 0.366 e. The number of hydrogen-bond acceptors (Lipinski definition) is 3. The van der Waals surface area contributed by atoms with Crippen LogP contribution in [-0.2, 0) is 0 Å². The van der Waals surface area contributed by atoms with Crippen molar-refractivity contribution in [3.63, 3.8) is 0 Å². The fourth-order valence-electron chi connectivity index (χ4n) is 3.03. The number of aromatic nitrogens is 1. The first-order valence-electron chi connectivity index (χ1n) is 7.80. The summed E-state index contributed by atoms with van der Waals surface area (Å²) in [5.74, 6) is -0.197. The highest BCUT2D eigenvalue weighted by Crippen LogP contribution is 2.25. The van der Waals surface area contributed by atoms with Crippen molar-refractivity contribution in [1.82, 2.24) is 14.8 Å². The Morgan fingerprint density at radius 3 is 2.65 bits per heavy atom. The van der Waals surface area contributed by atoms with Crippen LogP contribution >= 0.6 is 0 Å². The van der Waals surface area contributed by atoms with Crippen LogP contribution in [0.25, 0.3) is 0 Å². The number of rotatable bonds is 2. The molecule has 120 valence electrons. The first kappa shape index (κ1) is 15.5. The van der Waals surface area contributed by atoms with Gasteiger partial charge < -0.3 is 14.8 Å². The highest BCUT2D eigenvalue weighted by molar-refractivity contribution is 5.94. The summed E-state index contributed by atoms with van der Waals surface area (Å²) in [7, 11) is 2.05. The summed E-state index contributed by atoms with van der Waals surface area (Å²) in [5.41, 5.74) is 1.67. The smallest absolute Gasteiger partial charge is 0.259 e. The Labute approximate surface area is 135 Å². The van der Waals surface area contributed by atoms with E-state index < -0.39 is 0 Å². The Kier molecular flexibility index (Phi) is 4.30. The molecular formula is C18H21N3O2. The second-order valence-electron chi connectivity index (χ2n) is 6.07. The zero-order chi connectivity index (χ0) is 16.4. The third-order valence-electron chi connectivity index (χ3n) is 4.39. The van der Waals surface area contributed by atoms with Crippen LogP contribution in [0.15, 0.2) is 47.5 Å². The summed E-state index contributed by atoms with van der Waals surface area (Å²) in [6.07, 6.45) is 3.13. The number of H-pyrrole nitrogens is 1. The molecule has 1 atom stereocenters. The predicted octanol–water partition coefficient (Wildman–Crippen LogP) is 1.81. The van der Waals surface area contributed by atoms with Gasteiger partial charge in [-0.05, 0) is 19.5 Å². The minimum atomic E-state index is -0.197. The third kappa shape index (κ3) is 3.05. The van der Waals surface area contributed by atoms with Crippen LogP contribution in [0.4, 0.5) is 0 Å². The lowest BCUT2D eigenvalue weighted by Crippen LogP contribution is -2.50. The number of hydrogen-bond donors (Lipinski definition) is 1. The fourth-order valence-corrected chi connectivity index (χ4v) is 3.03. The number of carbonyl (C=O) groups excluding carboxylic acids is 1. The second kappa shape index (κ2) is 6.38. The minimum Gasteiger partial charge on any atom is -0.366 e. The van der Waals surface area contributed by atoms with Gasteiger partial charge in [0.05, 0.1) is 6.04 Å². The number of aromatic amines is 1. The SMILES string of the molecule is Cc1c[nH]cc(C(=O)N2CCN(C)CC2c2ccccc2)c1=O. The maximum Gasteiger partial charge on any atom is 0.259 e. The number of carbonyl (C=O) groups is 1. The van der Waals surface area contributed by atoms with Gasteiger partial charge in [-0.2, -0.15) is 0 Å². The van der Waals surface area contributed by atoms with Crippen molar-refractivity contribution in [3.8, 4) is 0 Å². The normalized spacial score (nSPS) is 18.9. The van der Waals surface area contributed by atoms with Gasteiger partial charge in [0.1, 0.15) is 5.56 Å². The third-order valence-corrected chi connectivity index (χ3v) is 4.39. The van der Waals surface area contributed by atoms with Crippen LogP contribution in [0.5, 0.6) is 0 Å². The standard InChI is InChI=1S/C18H21N3O2/c1-13-10-19-11-15(17(13)22)18(23)21-9-8-20(2)12-16(21)14-6-4-3-5-7-14/h3-7,10-11,16H,8-9,12H2,1-2H3,(H,19,22). The van der Waals surface area contributed by atoms with Crippen LogP contribution in [0.3, 0.4) is 0 Å². The summed E-state index contributed by atoms with van der Waals surface area (Å²) in [5, 5.41) is 0. The van der Waals surface area contributed by atoms with E-state index in [0.717, 1.165) is 18.7 Å². The van der Waals surface area contributed by atoms with Gasteiger partial charge in [0.2, 0.25) is 0 Å². The molecule has 3 rings (SSSR count). The number of aryl methyl sites for hydroxylation is 1. The van der Waals surface area contributed by atoms with Crippen molar-refractivity contribution in [3.05, 3.63) is 69.6 Å². The van der Waals surface area contributed by atoms with Gasteiger partial charge in [-0.3, -0.25) is 9.59 Å². The molecule has 0 saturated carbocycles. The molecule has 1 fully saturated rings. The average molecular weight is 311 g/mol. The molecule has 1 aliphatic heterocycles. The van der Waals surface area contributed by atoms with E-state index in [-0.39, 0.29) is 22.9 Å². The minimum absolute atomic E-state index is 0.0395. The molecule has 5 heteroatoms. The number of likely N-dealkylation sites (N-methyl/N-ethyl adjacent to an activating group) is 1. The molecule has 23 heavy (non-hydrogen) atoms. The lowest BCUT2D eigenvalue weighted by Gasteiger charge is -2.40. The lowest BCUT2D eigenvalue weighted by molar-refractivity contribution is 0.0496. The van der Waals surface area contributed by atoms with Crippen molar-refractivity contribution in [2.45, 2.75) is 13.0 Å². The first-order chi connectivity index (χ1) is 11.1. The molecule has 0 radical (unpaired) electrons. The van der Waals surface area contributed by atoms with E-state index in [1.54, 1.807) is 13.1 Å². The summed E-state index contributed by atoms with van der Waals surface area (Å²) in [4.78, 5) is 32.2. The molecule has 5 nitrogen and oxygen atoms in total. The van der Waals surface area contributed by atoms with Gasteiger partial charge in [0.15, 0.2) is 5.43 Å². The van der Waals surface area contributed by atoms with E-state index in [2.05, 4.69) is 16.9 Å². The van der Waals surface area contributed by atoms with E-state index in [0.29, 0.717) is 12.1 Å². The zero-order valence-corrected chi connectivity index (χ0v) is 13.5. The summed E-state index contributed by atoms with van der Waals surface area (Å²) >= 11 is 0. The average Bonchev–Trinajstić information content (AvgIpc) is 2.57. The molecule has 1 N–H and O–H groups in total. The Bertz CT molecular complexity index is 754. The number of nitrogens with one attached hydrogen (secondary N) is 1. The highest BCUT2D eigenvalue weighted by Gasteiger charge is 2.31. The molecule has 1 aromatic heterocycles. The van der Waals surface area contributed by atoms with Crippen molar-refractivity contribution >= 4 is 5.91 Å². The number of pyridine rings is 1. The van der Waals surface area contributed by atoms with Crippen LogP contribution in [0, 0.1) is 6.92 Å². The van der Waals surface area contributed by atoms with Gasteiger partial charge in [-0.15, -0.1) is 0 Å². The number of amides is 1. The van der Waals surface area contributed by atoms with Gasteiger partial charge in [-0.25, -0.2) is 0 Å². The fraction of sp³-hybridized carbons (Fsp3) is 0.333. The molecule has 1 aliphatic rings. The Morgan fingerprint density at radius 1 is 1.17 bits per heavy atom. The van der Waals surface area contributed by atoms with E-state index in [9.17, 15) is 9.59 Å². The number of nitrogens with zero attached hydrogens (tertiary/aromatic N) is 2. The summed E-state index contributed by atoms with van der Waals surface area (Å²) in [6.45, 7) is 3.90. The van der Waals surface area contributed by atoms with Crippen LogP contribution in [-0.4, -0.2) is 47.4 Å². The molecule has 2 heterocycles. The Hall–Kier alpha value is -2.40. The predicted molar refractivity (Wildman–Crippen MR) is 89.5 cm³/mol. The Morgan fingerprint density at radius 2 is 1.91 bits per heavy atom. The molecule has 1 unspecified atom stereocenters. The quantitative estimate of drug-likeness (QED) is 0.920. The highest BCUT2D eigenvalue weighted by atomic mass is 16.2. The molecule has 1 amide bonds.